The Kier molecular flexibility index (Phi) is 13.2. The van der Waals surface area contributed by atoms with Crippen molar-refractivity contribution in [2.24, 2.45) is 0 Å². The van der Waals surface area contributed by atoms with E-state index in [1.807, 2.05) is 6.07 Å². The fourth-order valence-corrected chi connectivity index (χ4v) is 7.19. The molecule has 5 rings (SSSR count). The first-order valence-corrected chi connectivity index (χ1v) is 18.5. The van der Waals surface area contributed by atoms with Crippen LogP contribution in [0.5, 0.6) is 0 Å². The largest absolute Gasteiger partial charge is 0.462 e. The number of carbonyl (C=O) groups is 5. The molecule has 10 nitrogen and oxygen atoms in total. The molecule has 270 valence electrons. The number of carbonyl (C=O) groups excluding carboxylic acids is 5. The Morgan fingerprint density at radius 2 is 1.47 bits per heavy atom. The molecule has 1 unspecified atom stereocenters. The van der Waals surface area contributed by atoms with Crippen LogP contribution in [0.2, 0.25) is 5.02 Å². The molecule has 0 aliphatic heterocycles. The highest BCUT2D eigenvalue weighted by Gasteiger charge is 2.28. The van der Waals surface area contributed by atoms with E-state index in [1.165, 1.54) is 17.8 Å². The molecule has 0 fully saturated rings. The summed E-state index contributed by atoms with van der Waals surface area (Å²) in [6, 6.07) is 31.2. The van der Waals surface area contributed by atoms with Crippen molar-refractivity contribution in [3.63, 3.8) is 0 Å². The monoisotopic (exact) mass is 766 g/mol. The summed E-state index contributed by atoms with van der Waals surface area (Å²) >= 11 is 8.57. The van der Waals surface area contributed by atoms with Gasteiger partial charge in [-0.1, -0.05) is 72.3 Å². The number of benzene rings is 4. The summed E-state index contributed by atoms with van der Waals surface area (Å²) < 4.78 is 5.25. The molecule has 0 aliphatic rings. The number of esters is 1. The number of ether oxygens (including phenoxy) is 1. The van der Waals surface area contributed by atoms with Crippen molar-refractivity contribution in [3.8, 4) is 0 Å². The van der Waals surface area contributed by atoms with Crippen LogP contribution >= 0.6 is 34.7 Å². The van der Waals surface area contributed by atoms with Crippen molar-refractivity contribution in [1.82, 2.24) is 5.32 Å². The number of anilines is 3. The normalized spacial score (nSPS) is 11.6. The van der Waals surface area contributed by atoms with E-state index in [4.69, 9.17) is 16.3 Å². The van der Waals surface area contributed by atoms with Crippen LogP contribution in [0.25, 0.3) is 6.08 Å². The predicted molar refractivity (Wildman–Crippen MR) is 212 cm³/mol. The van der Waals surface area contributed by atoms with Crippen LogP contribution in [0.1, 0.15) is 55.4 Å². The van der Waals surface area contributed by atoms with Crippen molar-refractivity contribution >= 4 is 86.7 Å². The smallest absolute Gasteiger partial charge is 0.341 e. The number of halogens is 1. The molecule has 1 aromatic heterocycles. The Morgan fingerprint density at radius 3 is 2.17 bits per heavy atom. The summed E-state index contributed by atoms with van der Waals surface area (Å²) in [6.07, 6.45) is 1.50. The van der Waals surface area contributed by atoms with E-state index < -0.39 is 34.8 Å². The fourth-order valence-electron chi connectivity index (χ4n) is 4.98. The number of rotatable bonds is 13. The van der Waals surface area contributed by atoms with Gasteiger partial charge in [0.05, 0.1) is 22.3 Å². The van der Waals surface area contributed by atoms with E-state index in [9.17, 15) is 24.0 Å². The van der Waals surface area contributed by atoms with Gasteiger partial charge in [0.1, 0.15) is 10.7 Å². The minimum Gasteiger partial charge on any atom is -0.462 e. The van der Waals surface area contributed by atoms with Gasteiger partial charge in [-0.2, -0.15) is 0 Å². The maximum absolute atomic E-state index is 13.6. The third kappa shape index (κ3) is 10.2. The SMILES string of the molecule is CCOC(=O)c1c(NC(=O)C(C)Sc2cccc(NC(=O)/C(=C\c3ccccc3Cl)NC(=O)c3ccccc3)c2)sc(C(=O)Nc2ccccc2)c1C. The first-order chi connectivity index (χ1) is 25.5. The summed E-state index contributed by atoms with van der Waals surface area (Å²) in [7, 11) is 0. The van der Waals surface area contributed by atoms with Gasteiger partial charge in [0.15, 0.2) is 0 Å². The molecule has 0 saturated heterocycles. The summed E-state index contributed by atoms with van der Waals surface area (Å²) in [6.45, 7) is 5.12. The quantitative estimate of drug-likeness (QED) is 0.0534. The molecule has 1 atom stereocenters. The van der Waals surface area contributed by atoms with E-state index >= 15 is 0 Å². The second-order valence-electron chi connectivity index (χ2n) is 11.4. The van der Waals surface area contributed by atoms with Crippen molar-refractivity contribution in [3.05, 3.63) is 147 Å². The summed E-state index contributed by atoms with van der Waals surface area (Å²) in [4.78, 5) is 67.2. The van der Waals surface area contributed by atoms with Gasteiger partial charge in [0.25, 0.3) is 17.7 Å². The molecule has 1 heterocycles. The lowest BCUT2D eigenvalue weighted by Gasteiger charge is -2.14. The molecule has 0 aliphatic carbocycles. The van der Waals surface area contributed by atoms with Gasteiger partial charge in [-0.15, -0.1) is 23.1 Å². The molecule has 0 spiro atoms. The second kappa shape index (κ2) is 18.2. The van der Waals surface area contributed by atoms with Gasteiger partial charge in [-0.05, 0) is 86.5 Å². The minimum absolute atomic E-state index is 0.0294. The zero-order valence-electron chi connectivity index (χ0n) is 28.9. The zero-order valence-corrected chi connectivity index (χ0v) is 31.3. The lowest BCUT2D eigenvalue weighted by molar-refractivity contribution is -0.115. The van der Waals surface area contributed by atoms with E-state index in [-0.39, 0.29) is 27.7 Å². The third-order valence-electron chi connectivity index (χ3n) is 7.61. The molecule has 0 bridgehead atoms. The van der Waals surface area contributed by atoms with Crippen LogP contribution in [0.15, 0.2) is 120 Å². The van der Waals surface area contributed by atoms with Crippen molar-refractivity contribution in [1.29, 1.82) is 0 Å². The third-order valence-corrected chi connectivity index (χ3v) is 10.3. The Bertz CT molecular complexity index is 2170. The van der Waals surface area contributed by atoms with Crippen LogP contribution in [-0.2, 0) is 14.3 Å². The van der Waals surface area contributed by atoms with Crippen LogP contribution in [0.4, 0.5) is 16.4 Å². The van der Waals surface area contributed by atoms with Crippen molar-refractivity contribution in [2.75, 3.05) is 22.6 Å². The molecule has 13 heteroatoms. The van der Waals surface area contributed by atoms with E-state index in [0.29, 0.717) is 38.0 Å². The highest BCUT2D eigenvalue weighted by Crippen LogP contribution is 2.35. The number of para-hydroxylation sites is 1. The van der Waals surface area contributed by atoms with Crippen LogP contribution < -0.4 is 21.3 Å². The number of hydrogen-bond acceptors (Lipinski definition) is 8. The average molecular weight is 767 g/mol. The van der Waals surface area contributed by atoms with Gasteiger partial charge < -0.3 is 26.0 Å². The lowest BCUT2D eigenvalue weighted by Crippen LogP contribution is -2.30. The van der Waals surface area contributed by atoms with Gasteiger partial charge >= 0.3 is 5.97 Å². The molecule has 0 saturated carbocycles. The van der Waals surface area contributed by atoms with Gasteiger partial charge in [-0.3, -0.25) is 19.2 Å². The Morgan fingerprint density at radius 1 is 0.811 bits per heavy atom. The van der Waals surface area contributed by atoms with E-state index in [2.05, 4.69) is 21.3 Å². The van der Waals surface area contributed by atoms with E-state index in [1.54, 1.807) is 124 Å². The first kappa shape index (κ1) is 38.5. The maximum atomic E-state index is 13.6. The van der Waals surface area contributed by atoms with Crippen LogP contribution in [0, 0.1) is 6.92 Å². The Hall–Kier alpha value is -5.69. The zero-order chi connectivity index (χ0) is 37.9. The van der Waals surface area contributed by atoms with Crippen molar-refractivity contribution in [2.45, 2.75) is 30.9 Å². The Balaban J connectivity index is 1.31. The summed E-state index contributed by atoms with van der Waals surface area (Å²) in [5, 5.41) is 11.1. The topological polar surface area (TPSA) is 143 Å². The van der Waals surface area contributed by atoms with Gasteiger partial charge in [-0.25, -0.2) is 4.79 Å². The number of thioether (sulfide) groups is 1. The maximum Gasteiger partial charge on any atom is 0.341 e. The molecular weight excluding hydrogens is 732 g/mol. The van der Waals surface area contributed by atoms with Gasteiger partial charge in [0.2, 0.25) is 5.91 Å². The van der Waals surface area contributed by atoms with Crippen molar-refractivity contribution < 1.29 is 28.7 Å². The lowest BCUT2D eigenvalue weighted by atomic mass is 10.1. The second-order valence-corrected chi connectivity index (χ2v) is 14.3. The standard InChI is InChI=1S/C40H35ClN4O6S2/c1-4-51-40(50)33-24(2)34(38(49)42-28-17-9-6-10-18-28)53-39(33)45-35(46)25(3)52-30-20-13-19-29(23-30)43-37(48)32(22-27-16-11-12-21-31(27)41)44-36(47)26-14-7-5-8-15-26/h5-23,25H,4H2,1-3H3,(H,42,49)(H,43,48)(H,44,47)(H,45,46)/b32-22+. The van der Waals surface area contributed by atoms with E-state index in [0.717, 1.165) is 11.3 Å². The average Bonchev–Trinajstić information content (AvgIpc) is 3.48. The fraction of sp³-hybridized carbons (Fsp3) is 0.125. The highest BCUT2D eigenvalue weighted by molar-refractivity contribution is 8.00. The van der Waals surface area contributed by atoms with Crippen LogP contribution in [-0.4, -0.2) is 41.5 Å². The van der Waals surface area contributed by atoms with Gasteiger partial charge in [0, 0.05) is 26.9 Å². The first-order valence-electron chi connectivity index (χ1n) is 16.4. The van der Waals surface area contributed by atoms with Crippen LogP contribution in [0.3, 0.4) is 0 Å². The number of amides is 4. The molecule has 4 aromatic carbocycles. The molecule has 0 radical (unpaired) electrons. The molecule has 4 N–H and O–H groups in total. The predicted octanol–water partition coefficient (Wildman–Crippen LogP) is 8.67. The number of nitrogens with one attached hydrogen (secondary N) is 4. The summed E-state index contributed by atoms with van der Waals surface area (Å²) in [5.74, 6) is -2.55. The molecular formula is C40H35ClN4O6S2. The molecule has 53 heavy (non-hydrogen) atoms. The number of thiophene rings is 1. The highest BCUT2D eigenvalue weighted by atomic mass is 35.5. The Labute approximate surface area is 320 Å². The number of hydrogen-bond donors (Lipinski definition) is 4. The molecule has 5 aromatic rings. The molecule has 4 amide bonds. The minimum atomic E-state index is -0.666. The summed E-state index contributed by atoms with van der Waals surface area (Å²) in [5.41, 5.74) is 2.39.